The molecule has 0 atom stereocenters. The van der Waals surface area contributed by atoms with E-state index in [9.17, 15) is 19.8 Å². The molecule has 0 spiro atoms. The Labute approximate surface area is 216 Å². The summed E-state index contributed by atoms with van der Waals surface area (Å²) in [6, 6.07) is 34.2. The second-order valence-electron chi connectivity index (χ2n) is 9.20. The van der Waals surface area contributed by atoms with E-state index in [0.717, 1.165) is 43.6 Å². The first kappa shape index (κ1) is 21.9. The van der Waals surface area contributed by atoms with Gasteiger partial charge in [0.25, 0.3) is 0 Å². The van der Waals surface area contributed by atoms with E-state index < -0.39 is 23.1 Å². The van der Waals surface area contributed by atoms with Gasteiger partial charge in [-0.15, -0.1) is 0 Å². The molecule has 0 bridgehead atoms. The molecule has 38 heavy (non-hydrogen) atoms. The van der Waals surface area contributed by atoms with E-state index in [4.69, 9.17) is 0 Å². The molecule has 0 aliphatic carbocycles. The summed E-state index contributed by atoms with van der Waals surface area (Å²) in [7, 11) is 0. The fraction of sp³-hybridized carbons (Fsp3) is 0. The Morgan fingerprint density at radius 1 is 0.447 bits per heavy atom. The Bertz CT molecular complexity index is 1840. The van der Waals surface area contributed by atoms with Crippen LogP contribution in [0.3, 0.4) is 0 Å². The average Bonchev–Trinajstić information content (AvgIpc) is 3.45. The number of carboxylic acid groups (broad SMARTS) is 2. The van der Waals surface area contributed by atoms with Crippen molar-refractivity contribution >= 4 is 55.6 Å². The van der Waals surface area contributed by atoms with Crippen molar-refractivity contribution in [3.05, 3.63) is 120 Å². The highest BCUT2D eigenvalue weighted by atomic mass is 16.4. The SMILES string of the molecule is O=C([O-])c1cc(-n2c3ccccc3c3ccccc32)c(-n2c3ccccc3c3ccccc32)cc1C(=O)[O-]. The first-order chi connectivity index (χ1) is 18.5. The third kappa shape index (κ3) is 3.01. The van der Waals surface area contributed by atoms with Crippen LogP contribution in [0.15, 0.2) is 109 Å². The quantitative estimate of drug-likeness (QED) is 0.357. The van der Waals surface area contributed by atoms with Crippen molar-refractivity contribution in [2.75, 3.05) is 0 Å². The van der Waals surface area contributed by atoms with Gasteiger partial charge in [0.2, 0.25) is 0 Å². The maximum atomic E-state index is 12.2. The Balaban J connectivity index is 1.72. The van der Waals surface area contributed by atoms with Crippen LogP contribution in [0.1, 0.15) is 20.7 Å². The molecule has 6 nitrogen and oxygen atoms in total. The number of aromatic carboxylic acids is 2. The number of carboxylic acids is 2. The van der Waals surface area contributed by atoms with Crippen molar-refractivity contribution in [2.24, 2.45) is 0 Å². The number of aromatic nitrogens is 2. The minimum atomic E-state index is -1.58. The standard InChI is InChI=1S/C32H20N2O4/c35-31(36)23-17-29(33-25-13-5-1-9-19(25)20-10-2-6-14-26(20)33)30(18-24(23)32(37)38)34-27-15-7-3-11-21(27)22-12-4-8-16-28(22)34/h1-18H,(H,35,36)(H,37,38)/p-2. The highest BCUT2D eigenvalue weighted by Crippen LogP contribution is 2.38. The van der Waals surface area contributed by atoms with Crippen molar-refractivity contribution in [3.8, 4) is 11.4 Å². The van der Waals surface area contributed by atoms with E-state index in [-0.39, 0.29) is 0 Å². The molecular weight excluding hydrogens is 476 g/mol. The Morgan fingerprint density at radius 3 is 0.974 bits per heavy atom. The molecule has 7 rings (SSSR count). The number of fused-ring (bicyclic) bond motifs is 6. The Hall–Kier alpha value is -5.36. The van der Waals surface area contributed by atoms with Gasteiger partial charge in [-0.3, -0.25) is 0 Å². The molecule has 2 heterocycles. The molecule has 0 saturated carbocycles. The van der Waals surface area contributed by atoms with Crippen LogP contribution < -0.4 is 10.2 Å². The van der Waals surface area contributed by atoms with Crippen LogP contribution in [-0.4, -0.2) is 21.1 Å². The van der Waals surface area contributed by atoms with E-state index >= 15 is 0 Å². The molecule has 2 aromatic heterocycles. The number of nitrogens with zero attached hydrogens (tertiary/aromatic N) is 2. The second-order valence-corrected chi connectivity index (χ2v) is 9.20. The average molecular weight is 495 g/mol. The lowest BCUT2D eigenvalue weighted by Gasteiger charge is -2.21. The zero-order chi connectivity index (χ0) is 26.0. The van der Waals surface area contributed by atoms with Gasteiger partial charge < -0.3 is 28.9 Å². The van der Waals surface area contributed by atoms with Crippen molar-refractivity contribution in [3.63, 3.8) is 0 Å². The van der Waals surface area contributed by atoms with Gasteiger partial charge in [0, 0.05) is 32.7 Å². The van der Waals surface area contributed by atoms with Crippen molar-refractivity contribution in [2.45, 2.75) is 0 Å². The van der Waals surface area contributed by atoms with Crippen LogP contribution in [-0.2, 0) is 0 Å². The van der Waals surface area contributed by atoms with Crippen LogP contribution in [0.5, 0.6) is 0 Å². The summed E-state index contributed by atoms with van der Waals surface area (Å²) in [5.41, 5.74) is 3.60. The van der Waals surface area contributed by atoms with E-state index in [1.54, 1.807) is 0 Å². The topological polar surface area (TPSA) is 90.1 Å². The smallest absolute Gasteiger partial charge is 0.0722 e. The highest BCUT2D eigenvalue weighted by molar-refractivity contribution is 6.12. The third-order valence-electron chi connectivity index (χ3n) is 7.20. The van der Waals surface area contributed by atoms with E-state index in [2.05, 4.69) is 0 Å². The lowest BCUT2D eigenvalue weighted by atomic mass is 10.0. The predicted octanol–water partition coefficient (Wildman–Crippen LogP) is 4.61. The molecule has 0 unspecified atom stereocenters. The van der Waals surface area contributed by atoms with Gasteiger partial charge >= 0.3 is 0 Å². The summed E-state index contributed by atoms with van der Waals surface area (Å²) in [4.78, 5) is 24.4. The van der Waals surface area contributed by atoms with Crippen LogP contribution >= 0.6 is 0 Å². The summed E-state index contributed by atoms with van der Waals surface area (Å²) in [5.74, 6) is -3.17. The number of para-hydroxylation sites is 4. The predicted molar refractivity (Wildman–Crippen MR) is 144 cm³/mol. The van der Waals surface area contributed by atoms with Gasteiger partial charge in [0.15, 0.2) is 0 Å². The van der Waals surface area contributed by atoms with Crippen LogP contribution in [0.25, 0.3) is 55.0 Å². The molecule has 0 fully saturated rings. The maximum absolute atomic E-state index is 12.2. The molecule has 0 N–H and O–H groups in total. The molecule has 0 saturated heterocycles. The van der Waals surface area contributed by atoms with Gasteiger partial charge in [-0.05, 0) is 36.4 Å². The number of carbonyl (C=O) groups is 2. The summed E-state index contributed by atoms with van der Waals surface area (Å²) in [6.45, 7) is 0. The number of benzene rings is 5. The largest absolute Gasteiger partial charge is 0.545 e. The van der Waals surface area contributed by atoms with Gasteiger partial charge in [-0.25, -0.2) is 0 Å². The molecule has 6 heteroatoms. The molecule has 182 valence electrons. The number of hydrogen-bond acceptors (Lipinski definition) is 4. The number of rotatable bonds is 4. The van der Waals surface area contributed by atoms with Crippen LogP contribution in [0, 0.1) is 0 Å². The molecule has 0 amide bonds. The first-order valence-electron chi connectivity index (χ1n) is 12.1. The Kier molecular flexibility index (Phi) is 4.65. The number of carbonyl (C=O) groups excluding carboxylic acids is 2. The number of hydrogen-bond donors (Lipinski definition) is 0. The second kappa shape index (κ2) is 8.08. The van der Waals surface area contributed by atoms with Gasteiger partial charge in [0.05, 0.1) is 45.4 Å². The molecule has 7 aromatic rings. The lowest BCUT2D eigenvalue weighted by molar-refractivity contribution is -0.259. The van der Waals surface area contributed by atoms with Crippen molar-refractivity contribution in [1.29, 1.82) is 0 Å². The van der Waals surface area contributed by atoms with Crippen LogP contribution in [0.4, 0.5) is 0 Å². The van der Waals surface area contributed by atoms with E-state index in [1.807, 2.05) is 106 Å². The minimum absolute atomic E-state index is 0.439. The van der Waals surface area contributed by atoms with Gasteiger partial charge in [-0.1, -0.05) is 72.8 Å². The maximum Gasteiger partial charge on any atom is 0.0722 e. The first-order valence-corrected chi connectivity index (χ1v) is 12.1. The lowest BCUT2D eigenvalue weighted by Crippen LogP contribution is -2.30. The van der Waals surface area contributed by atoms with Crippen LogP contribution in [0.2, 0.25) is 0 Å². The van der Waals surface area contributed by atoms with Crippen molar-refractivity contribution < 1.29 is 19.8 Å². The highest BCUT2D eigenvalue weighted by Gasteiger charge is 2.21. The minimum Gasteiger partial charge on any atom is -0.545 e. The van der Waals surface area contributed by atoms with Crippen molar-refractivity contribution in [1.82, 2.24) is 9.13 Å². The van der Waals surface area contributed by atoms with Gasteiger partial charge in [-0.2, -0.15) is 0 Å². The third-order valence-corrected chi connectivity index (χ3v) is 7.20. The summed E-state index contributed by atoms with van der Waals surface area (Å²) in [5, 5.41) is 28.3. The summed E-state index contributed by atoms with van der Waals surface area (Å²) >= 11 is 0. The monoisotopic (exact) mass is 494 g/mol. The van der Waals surface area contributed by atoms with Gasteiger partial charge in [0.1, 0.15) is 0 Å². The summed E-state index contributed by atoms with van der Waals surface area (Å²) in [6.07, 6.45) is 0. The molecule has 0 radical (unpaired) electrons. The van der Waals surface area contributed by atoms with E-state index in [1.165, 1.54) is 12.1 Å². The molecule has 0 aliphatic heterocycles. The fourth-order valence-corrected chi connectivity index (χ4v) is 5.64. The Morgan fingerprint density at radius 2 is 0.711 bits per heavy atom. The zero-order valence-electron chi connectivity index (χ0n) is 19.9. The molecule has 5 aromatic carbocycles. The molecule has 0 aliphatic rings. The summed E-state index contributed by atoms with van der Waals surface area (Å²) < 4.78 is 3.96. The van der Waals surface area contributed by atoms with E-state index in [0.29, 0.717) is 11.4 Å². The fourth-order valence-electron chi connectivity index (χ4n) is 5.64. The molecular formula is C32H18N2O4-2. The zero-order valence-corrected chi connectivity index (χ0v) is 19.9. The normalized spacial score (nSPS) is 11.6.